The molecule has 12 heteroatoms. The molecule has 0 spiro atoms. The normalized spacial score (nSPS) is 11.7. The van der Waals surface area contributed by atoms with E-state index in [1.807, 2.05) is 41.5 Å². The van der Waals surface area contributed by atoms with Crippen molar-refractivity contribution in [3.63, 3.8) is 0 Å². The molecule has 0 aromatic heterocycles. The van der Waals surface area contributed by atoms with Gasteiger partial charge in [-0.2, -0.15) is 0 Å². The minimum Gasteiger partial charge on any atom is -0.374 e. The van der Waals surface area contributed by atoms with Crippen molar-refractivity contribution in [2.75, 3.05) is 52.7 Å². The van der Waals surface area contributed by atoms with Crippen LogP contribution in [0.2, 0.25) is 12.1 Å². The SMILES string of the molecule is CCCCCCCCCCCC(=O)NCCC[Si](OCC)(OCC)OCC.CCCCCCCCCCCCCCCCCC(=O)NCCC[Si](OCC)(OCC)OCC. The number of amides is 2. The van der Waals surface area contributed by atoms with E-state index >= 15 is 0 Å². The van der Waals surface area contributed by atoms with Crippen LogP contribution in [0.3, 0.4) is 0 Å². The van der Waals surface area contributed by atoms with Crippen LogP contribution in [0.25, 0.3) is 0 Å². The summed E-state index contributed by atoms with van der Waals surface area (Å²) in [4.78, 5) is 24.0. The van der Waals surface area contributed by atoms with Crippen molar-refractivity contribution in [1.29, 1.82) is 0 Å². The van der Waals surface area contributed by atoms with Crippen molar-refractivity contribution in [2.24, 2.45) is 0 Å². The number of hydrogen-bond acceptors (Lipinski definition) is 8. The van der Waals surface area contributed by atoms with Crippen LogP contribution >= 0.6 is 0 Å². The van der Waals surface area contributed by atoms with Crippen molar-refractivity contribution in [2.45, 2.75) is 247 Å². The molecule has 0 bridgehead atoms. The minimum absolute atomic E-state index is 0.162. The molecule has 0 saturated carbocycles. The molecule has 0 heterocycles. The Morgan fingerprint density at radius 1 is 0.317 bits per heavy atom. The molecule has 0 aliphatic carbocycles. The van der Waals surface area contributed by atoms with Crippen LogP contribution < -0.4 is 10.6 Å². The number of unbranched alkanes of at least 4 members (excludes halogenated alkanes) is 22. The maximum absolute atomic E-state index is 12.1. The molecule has 0 saturated heterocycles. The van der Waals surface area contributed by atoms with Gasteiger partial charge in [-0.25, -0.2) is 0 Å². The summed E-state index contributed by atoms with van der Waals surface area (Å²) >= 11 is 0. The van der Waals surface area contributed by atoms with Gasteiger partial charge in [-0.15, -0.1) is 0 Å². The molecule has 10 nitrogen and oxygen atoms in total. The zero-order valence-corrected chi connectivity index (χ0v) is 43.1. The van der Waals surface area contributed by atoms with E-state index in [4.69, 9.17) is 26.6 Å². The molecule has 0 aliphatic rings. The first-order valence-electron chi connectivity index (χ1n) is 25.6. The van der Waals surface area contributed by atoms with Gasteiger partial charge in [-0.05, 0) is 67.2 Å². The Morgan fingerprint density at radius 3 is 0.750 bits per heavy atom. The first-order valence-corrected chi connectivity index (χ1v) is 29.5. The van der Waals surface area contributed by atoms with E-state index in [2.05, 4.69) is 24.5 Å². The molecule has 2 amide bonds. The van der Waals surface area contributed by atoms with E-state index in [0.29, 0.717) is 65.6 Å². The van der Waals surface area contributed by atoms with Crippen LogP contribution in [0.5, 0.6) is 0 Å². The molecule has 0 aliphatic heterocycles. The van der Waals surface area contributed by atoms with Gasteiger partial charge in [0.15, 0.2) is 0 Å². The van der Waals surface area contributed by atoms with Crippen LogP contribution in [0.1, 0.15) is 235 Å². The van der Waals surface area contributed by atoms with Gasteiger partial charge in [-0.3, -0.25) is 9.59 Å². The maximum atomic E-state index is 12.1. The zero-order valence-electron chi connectivity index (χ0n) is 41.1. The van der Waals surface area contributed by atoms with E-state index in [0.717, 1.165) is 44.2 Å². The standard InChI is InChI=1S/C27H57NO4Si.C21H45NO4Si/c1-5-9-10-11-12-13-14-15-16-17-18-19-20-21-22-24-27(29)28-25-23-26-33(30-6-2,31-7-3)32-8-4;1-5-9-10-11-12-13-14-15-16-18-21(23)22-19-17-20-27(24-6-2,25-7-3)26-8-4/h5-26H2,1-4H3,(H,28,29);5-20H2,1-4H3,(H,22,23). The van der Waals surface area contributed by atoms with Crippen molar-refractivity contribution < 1.29 is 36.1 Å². The smallest absolute Gasteiger partial charge is 0.374 e. The number of hydrogen-bond donors (Lipinski definition) is 2. The highest BCUT2D eigenvalue weighted by Gasteiger charge is 2.40. The van der Waals surface area contributed by atoms with Crippen LogP contribution in [0.4, 0.5) is 0 Å². The highest BCUT2D eigenvalue weighted by atomic mass is 28.4. The van der Waals surface area contributed by atoms with E-state index in [1.165, 1.54) is 135 Å². The van der Waals surface area contributed by atoms with Crippen molar-refractivity contribution in [3.05, 3.63) is 0 Å². The molecule has 360 valence electrons. The monoisotopic (exact) mass is 891 g/mol. The fourth-order valence-corrected chi connectivity index (χ4v) is 12.7. The predicted octanol–water partition coefficient (Wildman–Crippen LogP) is 13.3. The second-order valence-corrected chi connectivity index (χ2v) is 21.6. The van der Waals surface area contributed by atoms with E-state index in [9.17, 15) is 9.59 Å². The molecule has 0 aromatic carbocycles. The summed E-state index contributed by atoms with van der Waals surface area (Å²) < 4.78 is 35.1. The number of carbonyl (C=O) groups is 2. The Hall–Kier alpha value is -0.866. The minimum atomic E-state index is -2.58. The van der Waals surface area contributed by atoms with Gasteiger partial charge in [0.25, 0.3) is 0 Å². The van der Waals surface area contributed by atoms with Gasteiger partial charge >= 0.3 is 17.6 Å². The Labute approximate surface area is 375 Å². The summed E-state index contributed by atoms with van der Waals surface area (Å²) in [5.41, 5.74) is 0. The third-order valence-electron chi connectivity index (χ3n) is 10.7. The highest BCUT2D eigenvalue weighted by Crippen LogP contribution is 2.20. The number of carbonyl (C=O) groups excluding carboxylic acids is 2. The molecular formula is C48H102N2O8Si2. The Kier molecular flexibility index (Phi) is 48.6. The molecule has 0 radical (unpaired) electrons. The van der Waals surface area contributed by atoms with Crippen LogP contribution in [0, 0.1) is 0 Å². The first-order chi connectivity index (χ1) is 29.3. The molecule has 0 unspecified atom stereocenters. The Morgan fingerprint density at radius 2 is 0.533 bits per heavy atom. The first kappa shape index (κ1) is 61.2. The van der Waals surface area contributed by atoms with Crippen LogP contribution in [0.15, 0.2) is 0 Å². The van der Waals surface area contributed by atoms with Crippen LogP contribution in [-0.4, -0.2) is 82.2 Å². The molecule has 0 aromatic rings. The van der Waals surface area contributed by atoms with Crippen LogP contribution in [-0.2, 0) is 36.1 Å². The van der Waals surface area contributed by atoms with Gasteiger partial charge in [0.1, 0.15) is 0 Å². The summed E-state index contributed by atoms with van der Waals surface area (Å²) in [5.74, 6) is 0.329. The lowest BCUT2D eigenvalue weighted by atomic mass is 10.0. The van der Waals surface area contributed by atoms with E-state index in [-0.39, 0.29) is 11.8 Å². The lowest BCUT2D eigenvalue weighted by Crippen LogP contribution is -2.46. The lowest BCUT2D eigenvalue weighted by Gasteiger charge is -2.28. The second-order valence-electron chi connectivity index (χ2n) is 16.1. The Bertz CT molecular complexity index is 870. The molecule has 0 atom stereocenters. The molecule has 60 heavy (non-hydrogen) atoms. The van der Waals surface area contributed by atoms with Gasteiger partial charge in [0, 0.05) is 77.7 Å². The topological polar surface area (TPSA) is 114 Å². The summed E-state index contributed by atoms with van der Waals surface area (Å²) in [6.07, 6.45) is 34.6. The van der Waals surface area contributed by atoms with Crippen molar-refractivity contribution in [1.82, 2.24) is 10.6 Å². The highest BCUT2D eigenvalue weighted by molar-refractivity contribution is 6.61. The Balaban J connectivity index is 0. The third kappa shape index (κ3) is 39.9. The summed E-state index contributed by atoms with van der Waals surface area (Å²) in [5, 5.41) is 6.07. The fraction of sp³-hybridized carbons (Fsp3) is 0.958. The summed E-state index contributed by atoms with van der Waals surface area (Å²) in [7, 11) is -5.15. The predicted molar refractivity (Wildman–Crippen MR) is 258 cm³/mol. The molecule has 2 N–H and O–H groups in total. The van der Waals surface area contributed by atoms with Crippen molar-refractivity contribution in [3.8, 4) is 0 Å². The fourth-order valence-electron chi connectivity index (χ4n) is 7.50. The van der Waals surface area contributed by atoms with E-state index in [1.54, 1.807) is 0 Å². The third-order valence-corrected chi connectivity index (χ3v) is 17.0. The largest absolute Gasteiger partial charge is 0.500 e. The van der Waals surface area contributed by atoms with E-state index < -0.39 is 17.6 Å². The molecule has 0 fully saturated rings. The number of rotatable bonds is 46. The van der Waals surface area contributed by atoms with Gasteiger partial charge in [0.05, 0.1) is 0 Å². The molecule has 0 rings (SSSR count). The van der Waals surface area contributed by atoms with Gasteiger partial charge in [0.2, 0.25) is 11.8 Å². The summed E-state index contributed by atoms with van der Waals surface area (Å²) in [6.45, 7) is 21.2. The average Bonchev–Trinajstić information content (AvgIpc) is 3.23. The summed E-state index contributed by atoms with van der Waals surface area (Å²) in [6, 6.07) is 1.50. The average molecular weight is 892 g/mol. The lowest BCUT2D eigenvalue weighted by molar-refractivity contribution is -0.122. The molecular weight excluding hydrogens is 789 g/mol. The van der Waals surface area contributed by atoms with Crippen molar-refractivity contribution >= 4 is 29.4 Å². The quantitative estimate of drug-likeness (QED) is 0.0459. The van der Waals surface area contributed by atoms with Gasteiger partial charge < -0.3 is 37.2 Å². The van der Waals surface area contributed by atoms with Gasteiger partial charge in [-0.1, -0.05) is 155 Å². The number of nitrogens with one attached hydrogen (secondary N) is 2. The second kappa shape index (κ2) is 47.6. The maximum Gasteiger partial charge on any atom is 0.500 e. The zero-order chi connectivity index (χ0) is 44.7.